The molecule has 0 radical (unpaired) electrons. The fourth-order valence-electron chi connectivity index (χ4n) is 4.13. The van der Waals surface area contributed by atoms with Gasteiger partial charge in [-0.1, -0.05) is 18.0 Å². The molecule has 2 N–H and O–H groups in total. The molecule has 1 aliphatic carbocycles. The summed E-state index contributed by atoms with van der Waals surface area (Å²) in [5.74, 6) is 0.529. The molecule has 1 amide bonds. The topological polar surface area (TPSA) is 54.1 Å². The molecule has 0 bridgehead atoms. The summed E-state index contributed by atoms with van der Waals surface area (Å²) in [7, 11) is 0. The number of hydrogen-bond donors (Lipinski definition) is 2. The number of halogens is 1. The molecule has 2 fully saturated rings. The van der Waals surface area contributed by atoms with Gasteiger partial charge in [0.25, 0.3) is 0 Å². The molecule has 0 unspecified atom stereocenters. The van der Waals surface area contributed by atoms with Crippen molar-refractivity contribution in [2.75, 3.05) is 6.61 Å². The number of aromatic nitrogens is 1. The van der Waals surface area contributed by atoms with Gasteiger partial charge in [0.2, 0.25) is 5.91 Å². The van der Waals surface area contributed by atoms with Crippen LogP contribution in [0.3, 0.4) is 0 Å². The van der Waals surface area contributed by atoms with Crippen LogP contribution in [0.5, 0.6) is 0 Å². The predicted octanol–water partition coefficient (Wildman–Crippen LogP) is 4.14. The van der Waals surface area contributed by atoms with Gasteiger partial charge in [0.1, 0.15) is 6.10 Å². The largest absolute Gasteiger partial charge is 0.368 e. The average Bonchev–Trinajstić information content (AvgIpc) is 3.24. The van der Waals surface area contributed by atoms with E-state index in [0.29, 0.717) is 12.5 Å². The van der Waals surface area contributed by atoms with E-state index in [4.69, 9.17) is 16.3 Å². The molecule has 0 spiro atoms. The summed E-state index contributed by atoms with van der Waals surface area (Å²) in [5, 5.41) is 5.19. The number of carbonyl (C=O) groups is 1. The molecule has 24 heavy (non-hydrogen) atoms. The summed E-state index contributed by atoms with van der Waals surface area (Å²) < 4.78 is 5.49. The summed E-state index contributed by atoms with van der Waals surface area (Å²) in [5.41, 5.74) is 2.45. The Kier molecular flexibility index (Phi) is 4.51. The monoisotopic (exact) mass is 346 g/mol. The summed E-state index contributed by atoms with van der Waals surface area (Å²) in [6.45, 7) is 0.710. The van der Waals surface area contributed by atoms with Gasteiger partial charge in [-0.05, 0) is 61.8 Å². The summed E-state index contributed by atoms with van der Waals surface area (Å²) in [4.78, 5) is 15.7. The number of amides is 1. The molecule has 2 heterocycles. The van der Waals surface area contributed by atoms with Crippen LogP contribution < -0.4 is 5.32 Å². The van der Waals surface area contributed by atoms with Crippen LogP contribution in [0.4, 0.5) is 0 Å². The zero-order valence-corrected chi connectivity index (χ0v) is 14.4. The molecule has 4 rings (SSSR count). The molecule has 1 aromatic heterocycles. The van der Waals surface area contributed by atoms with Gasteiger partial charge in [-0.25, -0.2) is 0 Å². The second-order valence-corrected chi connectivity index (χ2v) is 7.44. The fraction of sp³-hybridized carbons (Fsp3) is 0.526. The van der Waals surface area contributed by atoms with Crippen molar-refractivity contribution in [2.24, 2.45) is 0 Å². The first-order valence-corrected chi connectivity index (χ1v) is 9.27. The van der Waals surface area contributed by atoms with Gasteiger partial charge < -0.3 is 15.0 Å². The first kappa shape index (κ1) is 16.0. The zero-order valence-electron chi connectivity index (χ0n) is 13.7. The molecule has 2 aliphatic rings. The van der Waals surface area contributed by atoms with Crippen LogP contribution in [0.2, 0.25) is 5.02 Å². The molecule has 1 aromatic carbocycles. The van der Waals surface area contributed by atoms with Crippen molar-refractivity contribution in [2.45, 2.75) is 56.6 Å². The highest BCUT2D eigenvalue weighted by atomic mass is 35.5. The van der Waals surface area contributed by atoms with Gasteiger partial charge in [-0.15, -0.1) is 0 Å². The van der Waals surface area contributed by atoms with Crippen LogP contribution >= 0.6 is 11.6 Å². The SMILES string of the molecule is O=C(N[C@H]1CCC[C@@H](c2c[nH]c3ccc(Cl)cc23)C1)[C@@H]1CCCO1. The van der Waals surface area contributed by atoms with Crippen LogP contribution in [0.15, 0.2) is 24.4 Å². The number of H-pyrrole nitrogens is 1. The van der Waals surface area contributed by atoms with Crippen molar-refractivity contribution in [3.8, 4) is 0 Å². The first-order chi connectivity index (χ1) is 11.7. The van der Waals surface area contributed by atoms with Gasteiger partial charge in [0, 0.05) is 34.8 Å². The van der Waals surface area contributed by atoms with Gasteiger partial charge in [0.05, 0.1) is 0 Å². The quantitative estimate of drug-likeness (QED) is 0.877. The smallest absolute Gasteiger partial charge is 0.249 e. The predicted molar refractivity (Wildman–Crippen MR) is 95.4 cm³/mol. The Labute approximate surface area is 146 Å². The Balaban J connectivity index is 1.47. The normalized spacial score (nSPS) is 27.5. The summed E-state index contributed by atoms with van der Waals surface area (Å²) in [6.07, 6.45) is 8.04. The first-order valence-electron chi connectivity index (χ1n) is 8.89. The third-order valence-electron chi connectivity index (χ3n) is 5.36. The summed E-state index contributed by atoms with van der Waals surface area (Å²) in [6, 6.07) is 6.22. The average molecular weight is 347 g/mol. The molecule has 4 nitrogen and oxygen atoms in total. The number of nitrogens with one attached hydrogen (secondary N) is 2. The molecule has 3 atom stereocenters. The molecule has 5 heteroatoms. The zero-order chi connectivity index (χ0) is 16.5. The van der Waals surface area contributed by atoms with Crippen molar-refractivity contribution in [3.05, 3.63) is 35.0 Å². The van der Waals surface area contributed by atoms with Crippen molar-refractivity contribution in [1.82, 2.24) is 10.3 Å². The highest BCUT2D eigenvalue weighted by Gasteiger charge is 2.29. The van der Waals surface area contributed by atoms with E-state index in [0.717, 1.165) is 49.1 Å². The number of aromatic amines is 1. The van der Waals surface area contributed by atoms with E-state index in [1.54, 1.807) is 0 Å². The standard InChI is InChI=1S/C19H23ClN2O2/c20-13-6-7-17-15(10-13)16(11-21-17)12-3-1-4-14(9-12)22-19(23)18-5-2-8-24-18/h6-7,10-12,14,18,21H,1-5,8-9H2,(H,22,23)/t12-,14+,18+/m1/s1. The number of rotatable bonds is 3. The summed E-state index contributed by atoms with van der Waals surface area (Å²) >= 11 is 6.17. The van der Waals surface area contributed by atoms with Gasteiger partial charge in [-0.3, -0.25) is 4.79 Å². The van der Waals surface area contributed by atoms with Gasteiger partial charge in [-0.2, -0.15) is 0 Å². The highest BCUT2D eigenvalue weighted by molar-refractivity contribution is 6.31. The second kappa shape index (κ2) is 6.77. The number of fused-ring (bicyclic) bond motifs is 1. The molecular weight excluding hydrogens is 324 g/mol. The highest BCUT2D eigenvalue weighted by Crippen LogP contribution is 2.37. The molecule has 1 aliphatic heterocycles. The lowest BCUT2D eigenvalue weighted by atomic mass is 9.81. The number of carbonyl (C=O) groups excluding carboxylic acids is 1. The van der Waals surface area contributed by atoms with E-state index in [-0.39, 0.29) is 18.1 Å². The minimum atomic E-state index is -0.239. The maximum absolute atomic E-state index is 12.3. The molecule has 1 saturated carbocycles. The van der Waals surface area contributed by atoms with Crippen LogP contribution in [0.1, 0.15) is 50.0 Å². The fourth-order valence-corrected chi connectivity index (χ4v) is 4.31. The van der Waals surface area contributed by atoms with Crippen molar-refractivity contribution >= 4 is 28.4 Å². The number of benzene rings is 1. The van der Waals surface area contributed by atoms with Crippen LogP contribution in [0.25, 0.3) is 10.9 Å². The number of ether oxygens (including phenoxy) is 1. The van der Waals surface area contributed by atoms with E-state index < -0.39 is 0 Å². The van der Waals surface area contributed by atoms with E-state index >= 15 is 0 Å². The molecule has 128 valence electrons. The Morgan fingerprint density at radius 1 is 1.25 bits per heavy atom. The lowest BCUT2D eigenvalue weighted by Gasteiger charge is -2.30. The van der Waals surface area contributed by atoms with Crippen LogP contribution in [0, 0.1) is 0 Å². The van der Waals surface area contributed by atoms with Crippen molar-refractivity contribution < 1.29 is 9.53 Å². The van der Waals surface area contributed by atoms with E-state index in [9.17, 15) is 4.79 Å². The Morgan fingerprint density at radius 2 is 2.17 bits per heavy atom. The van der Waals surface area contributed by atoms with E-state index in [1.807, 2.05) is 18.2 Å². The Hall–Kier alpha value is -1.52. The maximum atomic E-state index is 12.3. The Bertz CT molecular complexity index is 736. The molecular formula is C19H23ClN2O2. The molecule has 1 saturated heterocycles. The number of hydrogen-bond acceptors (Lipinski definition) is 2. The third-order valence-corrected chi connectivity index (χ3v) is 5.59. The van der Waals surface area contributed by atoms with Crippen molar-refractivity contribution in [1.29, 1.82) is 0 Å². The van der Waals surface area contributed by atoms with E-state index in [1.165, 1.54) is 10.9 Å². The van der Waals surface area contributed by atoms with E-state index in [2.05, 4.69) is 16.5 Å². The minimum Gasteiger partial charge on any atom is -0.368 e. The lowest BCUT2D eigenvalue weighted by Crippen LogP contribution is -2.43. The third kappa shape index (κ3) is 3.17. The second-order valence-electron chi connectivity index (χ2n) is 7.00. The van der Waals surface area contributed by atoms with Crippen molar-refractivity contribution in [3.63, 3.8) is 0 Å². The lowest BCUT2D eigenvalue weighted by molar-refractivity contribution is -0.131. The van der Waals surface area contributed by atoms with Crippen LogP contribution in [-0.4, -0.2) is 29.6 Å². The van der Waals surface area contributed by atoms with Gasteiger partial charge in [0.15, 0.2) is 0 Å². The minimum absolute atomic E-state index is 0.0696. The molecule has 2 aromatic rings. The Morgan fingerprint density at radius 3 is 3.00 bits per heavy atom. The maximum Gasteiger partial charge on any atom is 0.249 e. The van der Waals surface area contributed by atoms with Crippen LogP contribution in [-0.2, 0) is 9.53 Å². The van der Waals surface area contributed by atoms with Gasteiger partial charge >= 0.3 is 0 Å².